The summed E-state index contributed by atoms with van der Waals surface area (Å²) < 4.78 is 0. The topological polar surface area (TPSA) is 17.1 Å². The van der Waals surface area contributed by atoms with Crippen molar-refractivity contribution in [1.29, 1.82) is 0 Å². The maximum absolute atomic E-state index is 11.5. The van der Waals surface area contributed by atoms with Crippen molar-refractivity contribution in [1.82, 2.24) is 0 Å². The number of fused-ring (bicyclic) bond motifs is 2. The van der Waals surface area contributed by atoms with Crippen molar-refractivity contribution < 1.29 is 4.79 Å². The summed E-state index contributed by atoms with van der Waals surface area (Å²) in [6.45, 7) is 2.04. The first-order chi connectivity index (χ1) is 7.74. The zero-order valence-corrected chi connectivity index (χ0v) is 9.16. The predicted octanol–water partition coefficient (Wildman–Crippen LogP) is 1.76. The van der Waals surface area contributed by atoms with Crippen LogP contribution in [0.25, 0.3) is 22.4 Å². The molecule has 1 aliphatic carbocycles. The number of carbonyl (C=O) groups excluding carboxylic acids is 1. The van der Waals surface area contributed by atoms with E-state index in [0.717, 1.165) is 5.22 Å². The molecule has 2 aromatic rings. The van der Waals surface area contributed by atoms with Gasteiger partial charge in [0.2, 0.25) is 0 Å². The second-order valence-corrected chi connectivity index (χ2v) is 4.35. The van der Waals surface area contributed by atoms with E-state index in [1.807, 2.05) is 19.1 Å². The molecule has 0 bridgehead atoms. The van der Waals surface area contributed by atoms with Crippen LogP contribution in [0.4, 0.5) is 0 Å². The van der Waals surface area contributed by atoms with Crippen LogP contribution in [-0.4, -0.2) is 5.78 Å². The highest BCUT2D eigenvalue weighted by molar-refractivity contribution is 6.10. The van der Waals surface area contributed by atoms with Gasteiger partial charge in [-0.15, -0.1) is 0 Å². The molecule has 1 nitrogen and oxygen atoms in total. The van der Waals surface area contributed by atoms with Crippen LogP contribution >= 0.6 is 0 Å². The fraction of sp³-hybridized carbons (Fsp3) is 0.133. The molecule has 0 atom stereocenters. The maximum atomic E-state index is 11.5. The Morgan fingerprint density at radius 1 is 1.06 bits per heavy atom. The highest BCUT2D eigenvalue weighted by Gasteiger charge is 2.07. The van der Waals surface area contributed by atoms with Gasteiger partial charge in [-0.2, -0.15) is 0 Å². The molecule has 78 valence electrons. The number of hydrogen-bond donors (Lipinski definition) is 0. The molecule has 0 aliphatic heterocycles. The Hall–Kier alpha value is -1.89. The smallest absolute Gasteiger partial charge is 0.160 e. The van der Waals surface area contributed by atoms with Crippen molar-refractivity contribution in [2.75, 3.05) is 0 Å². The molecular formula is C15H12O. The minimum absolute atomic E-state index is 0.209. The van der Waals surface area contributed by atoms with E-state index >= 15 is 0 Å². The van der Waals surface area contributed by atoms with Gasteiger partial charge in [0.1, 0.15) is 0 Å². The highest BCUT2D eigenvalue weighted by Crippen LogP contribution is 2.11. The molecule has 0 radical (unpaired) electrons. The molecule has 0 aromatic heterocycles. The molecule has 1 aliphatic rings. The van der Waals surface area contributed by atoms with Gasteiger partial charge in [-0.05, 0) is 46.3 Å². The Balaban J connectivity index is 2.53. The average Bonchev–Trinajstić information content (AvgIpc) is 2.27. The van der Waals surface area contributed by atoms with Crippen LogP contribution in [0.3, 0.4) is 0 Å². The third-order valence-electron chi connectivity index (χ3n) is 3.13. The van der Waals surface area contributed by atoms with Crippen molar-refractivity contribution in [3.63, 3.8) is 0 Å². The monoisotopic (exact) mass is 208 g/mol. The van der Waals surface area contributed by atoms with E-state index in [4.69, 9.17) is 0 Å². The van der Waals surface area contributed by atoms with E-state index in [1.54, 1.807) is 6.08 Å². The Kier molecular flexibility index (Phi) is 1.93. The van der Waals surface area contributed by atoms with E-state index in [2.05, 4.69) is 24.3 Å². The van der Waals surface area contributed by atoms with E-state index in [9.17, 15) is 4.79 Å². The molecule has 0 heterocycles. The van der Waals surface area contributed by atoms with Gasteiger partial charge in [-0.25, -0.2) is 0 Å². The number of ketones is 1. The SMILES string of the molecule is CC1=c2cc3ccccc3cc2=CC(=O)C1. The van der Waals surface area contributed by atoms with Gasteiger partial charge in [-0.1, -0.05) is 29.8 Å². The Bertz CT molecular complexity index is 708. The van der Waals surface area contributed by atoms with Gasteiger partial charge in [0.25, 0.3) is 0 Å². The number of benzene rings is 2. The summed E-state index contributed by atoms with van der Waals surface area (Å²) in [5, 5.41) is 4.72. The van der Waals surface area contributed by atoms with E-state index < -0.39 is 0 Å². The number of rotatable bonds is 0. The van der Waals surface area contributed by atoms with Crippen LogP contribution in [-0.2, 0) is 4.79 Å². The second kappa shape index (κ2) is 3.31. The van der Waals surface area contributed by atoms with Gasteiger partial charge < -0.3 is 0 Å². The quantitative estimate of drug-likeness (QED) is 0.644. The third kappa shape index (κ3) is 1.36. The molecule has 1 heteroatoms. The average molecular weight is 208 g/mol. The lowest BCUT2D eigenvalue weighted by atomic mass is 9.97. The van der Waals surface area contributed by atoms with Crippen LogP contribution in [0.1, 0.15) is 13.3 Å². The summed E-state index contributed by atoms with van der Waals surface area (Å²) in [5.41, 5.74) is 1.17. The van der Waals surface area contributed by atoms with Crippen molar-refractivity contribution >= 4 is 28.2 Å². The second-order valence-electron chi connectivity index (χ2n) is 4.35. The lowest BCUT2D eigenvalue weighted by molar-refractivity contribution is -0.112. The van der Waals surface area contributed by atoms with Gasteiger partial charge in [0, 0.05) is 6.42 Å². The van der Waals surface area contributed by atoms with Crippen LogP contribution in [0.2, 0.25) is 0 Å². The van der Waals surface area contributed by atoms with Gasteiger partial charge >= 0.3 is 0 Å². The fourth-order valence-corrected chi connectivity index (χ4v) is 2.33. The summed E-state index contributed by atoms with van der Waals surface area (Å²) in [5.74, 6) is 0.209. The predicted molar refractivity (Wildman–Crippen MR) is 66.4 cm³/mol. The minimum Gasteiger partial charge on any atom is -0.294 e. The van der Waals surface area contributed by atoms with E-state index in [0.29, 0.717) is 6.42 Å². The zero-order chi connectivity index (χ0) is 11.1. The maximum Gasteiger partial charge on any atom is 0.160 e. The lowest BCUT2D eigenvalue weighted by Crippen LogP contribution is -2.31. The van der Waals surface area contributed by atoms with Crippen molar-refractivity contribution in [2.24, 2.45) is 0 Å². The lowest BCUT2D eigenvalue weighted by Gasteiger charge is -2.07. The van der Waals surface area contributed by atoms with Gasteiger partial charge in [-0.3, -0.25) is 4.79 Å². The molecule has 16 heavy (non-hydrogen) atoms. The fourth-order valence-electron chi connectivity index (χ4n) is 2.33. The first-order valence-corrected chi connectivity index (χ1v) is 5.47. The third-order valence-corrected chi connectivity index (χ3v) is 3.13. The summed E-state index contributed by atoms with van der Waals surface area (Å²) in [7, 11) is 0. The first kappa shape index (κ1) is 9.34. The van der Waals surface area contributed by atoms with Crippen LogP contribution < -0.4 is 10.4 Å². The molecular weight excluding hydrogens is 196 g/mol. The minimum atomic E-state index is 0.209. The van der Waals surface area contributed by atoms with Gasteiger partial charge in [0.05, 0.1) is 0 Å². The standard InChI is InChI=1S/C15H12O/c1-10-6-14(16)8-13-7-11-4-2-3-5-12(11)9-15(10)13/h2-5,7-9H,6H2,1H3. The van der Waals surface area contributed by atoms with Crippen LogP contribution in [0.5, 0.6) is 0 Å². The highest BCUT2D eigenvalue weighted by atomic mass is 16.1. The molecule has 0 N–H and O–H groups in total. The molecule has 2 aromatic carbocycles. The summed E-state index contributed by atoms with van der Waals surface area (Å²) in [6, 6.07) is 12.5. The van der Waals surface area contributed by atoms with Crippen LogP contribution in [0, 0.1) is 0 Å². The molecule has 0 unspecified atom stereocenters. The zero-order valence-electron chi connectivity index (χ0n) is 9.16. The van der Waals surface area contributed by atoms with Crippen molar-refractivity contribution in [3.8, 4) is 0 Å². The van der Waals surface area contributed by atoms with Crippen molar-refractivity contribution in [3.05, 3.63) is 46.8 Å². The number of Topliss-reactive ketones (excluding diaryl/α,β-unsaturated/α-hetero) is 1. The Morgan fingerprint density at radius 3 is 2.50 bits per heavy atom. The Labute approximate surface area is 93.7 Å². The van der Waals surface area contributed by atoms with Crippen molar-refractivity contribution in [2.45, 2.75) is 13.3 Å². The largest absolute Gasteiger partial charge is 0.294 e. The molecule has 0 spiro atoms. The number of carbonyl (C=O) groups is 1. The Morgan fingerprint density at radius 2 is 1.75 bits per heavy atom. The summed E-state index contributed by atoms with van der Waals surface area (Å²) in [4.78, 5) is 11.5. The molecule has 0 saturated carbocycles. The summed E-state index contributed by atoms with van der Waals surface area (Å²) in [6.07, 6.45) is 2.32. The van der Waals surface area contributed by atoms with E-state index in [1.165, 1.54) is 21.6 Å². The molecule has 3 rings (SSSR count). The van der Waals surface area contributed by atoms with Gasteiger partial charge in [0.15, 0.2) is 5.78 Å². The first-order valence-electron chi connectivity index (χ1n) is 5.47. The molecule has 0 fully saturated rings. The summed E-state index contributed by atoms with van der Waals surface area (Å²) >= 11 is 0. The normalized spacial score (nSPS) is 14.8. The van der Waals surface area contributed by atoms with Crippen LogP contribution in [0.15, 0.2) is 36.4 Å². The molecule has 0 saturated heterocycles. The number of hydrogen-bond acceptors (Lipinski definition) is 1. The van der Waals surface area contributed by atoms with E-state index in [-0.39, 0.29) is 5.78 Å². The molecule has 0 amide bonds.